The van der Waals surface area contributed by atoms with Gasteiger partial charge in [-0.3, -0.25) is 23.6 Å². The van der Waals surface area contributed by atoms with Gasteiger partial charge in [-0.1, -0.05) is 61.9 Å². The van der Waals surface area contributed by atoms with Crippen LogP contribution in [-0.2, 0) is 52.3 Å². The maximum atomic E-state index is 14.9. The molecule has 3 amide bonds. The van der Waals surface area contributed by atoms with Crippen LogP contribution in [0.4, 0.5) is 24.8 Å². The quantitative estimate of drug-likeness (QED) is 0.0723. The summed E-state index contributed by atoms with van der Waals surface area (Å²) in [4.78, 5) is 74.8. The first-order chi connectivity index (χ1) is 34.2. The van der Waals surface area contributed by atoms with Crippen LogP contribution in [0.15, 0.2) is 82.0 Å². The number of thiophene rings is 1. The van der Waals surface area contributed by atoms with Gasteiger partial charge in [-0.05, 0) is 58.7 Å². The van der Waals surface area contributed by atoms with E-state index in [4.69, 9.17) is 16.3 Å². The molecule has 1 aliphatic heterocycles. The molecule has 19 nitrogen and oxygen atoms in total. The summed E-state index contributed by atoms with van der Waals surface area (Å²) >= 11 is 8.15. The number of ether oxygens (including phenoxy) is 1. The summed E-state index contributed by atoms with van der Waals surface area (Å²) in [7, 11) is 1.71. The molecule has 0 saturated carbocycles. The number of aromatic nitrogens is 8. The predicted octanol–water partition coefficient (Wildman–Crippen LogP) is 4.66. The molecule has 5 heterocycles. The molecule has 3 atom stereocenters. The van der Waals surface area contributed by atoms with E-state index in [2.05, 4.69) is 42.4 Å². The Morgan fingerprint density at radius 1 is 0.986 bits per heavy atom. The van der Waals surface area contributed by atoms with Gasteiger partial charge in [0.15, 0.2) is 11.6 Å². The van der Waals surface area contributed by atoms with Crippen molar-refractivity contribution >= 4 is 63.2 Å². The third-order valence-electron chi connectivity index (χ3n) is 12.0. The molecular weight excluding hydrogens is 981 g/mol. The topological polar surface area (TPSA) is 225 Å². The summed E-state index contributed by atoms with van der Waals surface area (Å²) < 4.78 is 53.2. The molecule has 3 aromatic carbocycles. The highest BCUT2D eigenvalue weighted by Gasteiger charge is 2.44. The number of halogens is 4. The number of nitrogens with zero attached hydrogens (tertiary/aromatic N) is 9. The number of amides is 3. The number of fused-ring (bicyclic) bond motifs is 1. The lowest BCUT2D eigenvalue weighted by Crippen LogP contribution is -2.58. The number of aliphatic hydroxyl groups excluding tert-OH is 1. The van der Waals surface area contributed by atoms with E-state index >= 15 is 0 Å². The minimum absolute atomic E-state index is 0.0312. The number of rotatable bonds is 17. The van der Waals surface area contributed by atoms with Crippen molar-refractivity contribution in [3.63, 3.8) is 0 Å². The number of β-amino-alcohol motifs (C(OH)–C–C–N with tert-alkyl or cyclic N) is 1. The standard InChI is InChI=1S/C48H50ClF3N12O7S/c1-26-10-13-72-41(26)28-8-6-27(7-9-28)19-53-43(67)39-16-32(65)24-62(39)44(68)42(48(2,3)4)55-40(66)25-71-12-11-61-22-31(57-59-61)23-64-46(69)56-45(54-38-15-30-20-60(5)58-37(30)17-33(38)49)63(47(64)70)21-29-14-35(51)36(52)18-34(29)50/h6-10,13-15,17-18,20,22,32,39,42,65H,11-12,16,19,21,23-25H2,1-5H3,(H,53,67)(H,55,66)(H,54,56,69)/t32-,39+,42-/m1/s1. The number of nitrogens with one attached hydrogen (secondary N) is 3. The van der Waals surface area contributed by atoms with E-state index in [9.17, 15) is 42.3 Å². The van der Waals surface area contributed by atoms with Crippen molar-refractivity contribution in [2.24, 2.45) is 12.5 Å². The Balaban J connectivity index is 0.881. The highest BCUT2D eigenvalue weighted by Crippen LogP contribution is 2.31. The van der Waals surface area contributed by atoms with Crippen molar-refractivity contribution in [1.29, 1.82) is 0 Å². The molecule has 0 aliphatic carbocycles. The van der Waals surface area contributed by atoms with Crippen molar-refractivity contribution in [2.45, 2.75) is 78.5 Å². The molecule has 4 N–H and O–H groups in total. The Hall–Kier alpha value is -7.21. The largest absolute Gasteiger partial charge is 0.391 e. The van der Waals surface area contributed by atoms with E-state index in [1.54, 1.807) is 62.2 Å². The van der Waals surface area contributed by atoms with Crippen LogP contribution in [0.3, 0.4) is 0 Å². The van der Waals surface area contributed by atoms with Crippen LogP contribution in [0.5, 0.6) is 0 Å². The summed E-state index contributed by atoms with van der Waals surface area (Å²) in [5, 5.41) is 34.3. The number of hydrogen-bond acceptors (Lipinski definition) is 13. The first kappa shape index (κ1) is 51.2. The average molecular weight is 1030 g/mol. The van der Waals surface area contributed by atoms with Crippen LogP contribution in [0, 0.1) is 29.8 Å². The Kier molecular flexibility index (Phi) is 15.1. The lowest BCUT2D eigenvalue weighted by molar-refractivity contribution is -0.144. The fourth-order valence-corrected chi connectivity index (χ4v) is 9.36. The van der Waals surface area contributed by atoms with Crippen molar-refractivity contribution in [3.8, 4) is 10.4 Å². The van der Waals surface area contributed by atoms with Gasteiger partial charge in [0.25, 0.3) is 0 Å². The molecule has 0 radical (unpaired) electrons. The molecule has 0 unspecified atom stereocenters. The summed E-state index contributed by atoms with van der Waals surface area (Å²) in [6.07, 6.45) is 2.20. The molecular formula is C48H50ClF3N12O7S. The lowest BCUT2D eigenvalue weighted by atomic mass is 9.85. The molecule has 1 aliphatic rings. The zero-order valence-corrected chi connectivity index (χ0v) is 41.2. The zero-order chi connectivity index (χ0) is 51.6. The zero-order valence-electron chi connectivity index (χ0n) is 39.7. The van der Waals surface area contributed by atoms with Gasteiger partial charge >= 0.3 is 11.4 Å². The third kappa shape index (κ3) is 11.6. The first-order valence-corrected chi connectivity index (χ1v) is 23.9. The molecule has 72 heavy (non-hydrogen) atoms. The van der Waals surface area contributed by atoms with E-state index in [1.165, 1.54) is 26.2 Å². The van der Waals surface area contributed by atoms with Crippen LogP contribution < -0.4 is 27.3 Å². The molecule has 8 rings (SSSR count). The first-order valence-electron chi connectivity index (χ1n) is 22.6. The fourth-order valence-electron chi connectivity index (χ4n) is 8.22. The maximum absolute atomic E-state index is 14.9. The van der Waals surface area contributed by atoms with Crippen LogP contribution in [0.2, 0.25) is 5.02 Å². The molecule has 4 aromatic heterocycles. The monoisotopic (exact) mass is 1030 g/mol. The van der Waals surface area contributed by atoms with E-state index in [0.717, 1.165) is 15.7 Å². The van der Waals surface area contributed by atoms with Crippen molar-refractivity contribution in [2.75, 3.05) is 25.1 Å². The highest BCUT2D eigenvalue weighted by atomic mass is 35.5. The van der Waals surface area contributed by atoms with Crippen LogP contribution in [0.25, 0.3) is 21.3 Å². The van der Waals surface area contributed by atoms with Crippen molar-refractivity contribution in [3.05, 3.63) is 138 Å². The van der Waals surface area contributed by atoms with E-state index in [1.807, 2.05) is 36.6 Å². The minimum atomic E-state index is -1.44. The summed E-state index contributed by atoms with van der Waals surface area (Å²) in [6.45, 7) is 5.85. The van der Waals surface area contributed by atoms with E-state index < -0.39 is 95.4 Å². The van der Waals surface area contributed by atoms with Crippen molar-refractivity contribution in [1.82, 2.24) is 54.4 Å². The van der Waals surface area contributed by atoms with Crippen LogP contribution in [0.1, 0.15) is 49.6 Å². The molecule has 0 bridgehead atoms. The molecule has 0 spiro atoms. The molecule has 24 heteroatoms. The minimum Gasteiger partial charge on any atom is -0.391 e. The third-order valence-corrected chi connectivity index (χ3v) is 13.3. The predicted molar refractivity (Wildman–Crippen MR) is 261 cm³/mol. The number of carbonyl (C=O) groups excluding carboxylic acids is 3. The highest BCUT2D eigenvalue weighted by molar-refractivity contribution is 7.13. The van der Waals surface area contributed by atoms with Gasteiger partial charge in [-0.25, -0.2) is 32.0 Å². The molecule has 7 aromatic rings. The van der Waals surface area contributed by atoms with Gasteiger partial charge in [-0.15, -0.1) is 16.4 Å². The molecule has 1 fully saturated rings. The maximum Gasteiger partial charge on any atom is 0.355 e. The lowest BCUT2D eigenvalue weighted by Gasteiger charge is -2.35. The number of aryl methyl sites for hydroxylation is 2. The summed E-state index contributed by atoms with van der Waals surface area (Å²) in [5.74, 6) is -5.91. The number of carbonyl (C=O) groups is 3. The normalized spacial score (nSPS) is 15.3. The molecule has 1 saturated heterocycles. The number of benzene rings is 3. The van der Waals surface area contributed by atoms with Gasteiger partial charge in [0.1, 0.15) is 30.2 Å². The Labute approximate surface area is 418 Å². The van der Waals surface area contributed by atoms with Gasteiger partial charge in [0, 0.05) is 54.6 Å². The Morgan fingerprint density at radius 2 is 1.74 bits per heavy atom. The summed E-state index contributed by atoms with van der Waals surface area (Å²) in [5.41, 5.74) is 0.712. The van der Waals surface area contributed by atoms with Crippen LogP contribution in [-0.4, -0.2) is 105 Å². The second kappa shape index (κ2) is 21.2. The van der Waals surface area contributed by atoms with E-state index in [0.29, 0.717) is 27.6 Å². The SMILES string of the molecule is Cc1ccsc1-c1ccc(CNC(=O)[C@@H]2C[C@@H](O)CN2C(=O)[C@@H](NC(=O)COCCn2cc(Cn3c(=O)nc(Nc4cc5cn(C)nc5cc4Cl)n(Cc4cc(F)c(F)cc4F)c3=O)nn2)C(C)(C)C)cc1. The number of anilines is 2. The van der Waals surface area contributed by atoms with Gasteiger partial charge in [-0.2, -0.15) is 10.1 Å². The Bertz CT molecular complexity index is 3290. The second-order valence-electron chi connectivity index (χ2n) is 18.5. The fraction of sp³-hybridized carbons (Fsp3) is 0.354. The Morgan fingerprint density at radius 3 is 2.46 bits per heavy atom. The molecule has 378 valence electrons. The summed E-state index contributed by atoms with van der Waals surface area (Å²) in [6, 6.07) is 11.9. The smallest absolute Gasteiger partial charge is 0.355 e. The second-order valence-corrected chi connectivity index (χ2v) is 19.8. The number of aliphatic hydroxyl groups is 1. The van der Waals surface area contributed by atoms with E-state index in [-0.39, 0.29) is 55.0 Å². The van der Waals surface area contributed by atoms with Crippen LogP contribution >= 0.6 is 22.9 Å². The number of likely N-dealkylation sites (tertiary alicyclic amines) is 1. The average Bonchev–Trinajstić information content (AvgIpc) is 4.14. The van der Waals surface area contributed by atoms with Crippen molar-refractivity contribution < 1.29 is 37.4 Å². The van der Waals surface area contributed by atoms with Gasteiger partial charge in [0.2, 0.25) is 23.7 Å². The van der Waals surface area contributed by atoms with Gasteiger partial charge < -0.3 is 30.7 Å². The number of hydrogen-bond donors (Lipinski definition) is 4. The van der Waals surface area contributed by atoms with Gasteiger partial charge in [0.05, 0.1) is 54.8 Å².